The van der Waals surface area contributed by atoms with E-state index >= 15 is 0 Å². The SMILES string of the molecule is COc1ccc(NC(=O)c2ccc(-c3cccc(O)c3)cc2)cc1C1CCN(C(C)C)CC1. The molecule has 5 heteroatoms. The summed E-state index contributed by atoms with van der Waals surface area (Å²) in [6.45, 7) is 6.64. The van der Waals surface area contributed by atoms with Crippen molar-refractivity contribution >= 4 is 11.6 Å². The summed E-state index contributed by atoms with van der Waals surface area (Å²) in [7, 11) is 1.70. The molecule has 0 radical (unpaired) electrons. The number of ether oxygens (including phenoxy) is 1. The molecule has 0 spiro atoms. The van der Waals surface area contributed by atoms with Crippen LogP contribution in [0.2, 0.25) is 0 Å². The van der Waals surface area contributed by atoms with Crippen molar-refractivity contribution in [3.63, 3.8) is 0 Å². The molecule has 3 aromatic rings. The van der Waals surface area contributed by atoms with Gasteiger partial charge in [0, 0.05) is 17.3 Å². The summed E-state index contributed by atoms with van der Waals surface area (Å²) in [5, 5.41) is 12.7. The van der Waals surface area contributed by atoms with Gasteiger partial charge in [-0.15, -0.1) is 0 Å². The number of anilines is 1. The number of hydrogen-bond donors (Lipinski definition) is 2. The van der Waals surface area contributed by atoms with Crippen LogP contribution in [0, 0.1) is 0 Å². The van der Waals surface area contributed by atoms with Crippen LogP contribution in [-0.2, 0) is 0 Å². The Labute approximate surface area is 196 Å². The number of phenolic OH excluding ortho intramolecular Hbond substituents is 1. The number of methoxy groups -OCH3 is 1. The predicted molar refractivity (Wildman–Crippen MR) is 133 cm³/mol. The van der Waals surface area contributed by atoms with Crippen LogP contribution in [0.1, 0.15) is 48.5 Å². The summed E-state index contributed by atoms with van der Waals surface area (Å²) in [5.41, 5.74) is 4.38. The van der Waals surface area contributed by atoms with Gasteiger partial charge in [-0.05, 0) is 105 Å². The minimum Gasteiger partial charge on any atom is -0.508 e. The van der Waals surface area contributed by atoms with Crippen LogP contribution < -0.4 is 10.1 Å². The average Bonchev–Trinajstić information content (AvgIpc) is 2.84. The van der Waals surface area contributed by atoms with Gasteiger partial charge < -0.3 is 20.1 Å². The van der Waals surface area contributed by atoms with Crippen LogP contribution in [0.15, 0.2) is 66.7 Å². The number of rotatable bonds is 6. The van der Waals surface area contributed by atoms with Gasteiger partial charge in [-0.25, -0.2) is 0 Å². The summed E-state index contributed by atoms with van der Waals surface area (Å²) < 4.78 is 5.64. The number of benzene rings is 3. The lowest BCUT2D eigenvalue weighted by Crippen LogP contribution is -2.37. The first-order chi connectivity index (χ1) is 15.9. The Balaban J connectivity index is 1.47. The molecule has 172 valence electrons. The molecule has 0 aromatic heterocycles. The number of likely N-dealkylation sites (tertiary alicyclic amines) is 1. The molecule has 2 N–H and O–H groups in total. The highest BCUT2D eigenvalue weighted by atomic mass is 16.5. The van der Waals surface area contributed by atoms with E-state index < -0.39 is 0 Å². The lowest BCUT2D eigenvalue weighted by molar-refractivity contribution is 0.102. The molecule has 33 heavy (non-hydrogen) atoms. The first-order valence-corrected chi connectivity index (χ1v) is 11.6. The van der Waals surface area contributed by atoms with E-state index in [4.69, 9.17) is 4.74 Å². The zero-order valence-corrected chi connectivity index (χ0v) is 19.5. The maximum Gasteiger partial charge on any atom is 0.255 e. The maximum atomic E-state index is 12.9. The fourth-order valence-corrected chi connectivity index (χ4v) is 4.56. The van der Waals surface area contributed by atoms with E-state index in [0.717, 1.165) is 54.1 Å². The van der Waals surface area contributed by atoms with Crippen molar-refractivity contribution < 1.29 is 14.6 Å². The molecule has 1 aliphatic heterocycles. The molecule has 1 amide bonds. The Morgan fingerprint density at radius 3 is 2.36 bits per heavy atom. The molecule has 1 saturated heterocycles. The first kappa shape index (κ1) is 22.9. The molecule has 1 fully saturated rings. The topological polar surface area (TPSA) is 61.8 Å². The third-order valence-corrected chi connectivity index (χ3v) is 6.51. The molecule has 0 atom stereocenters. The number of aromatic hydroxyl groups is 1. The number of phenols is 1. The van der Waals surface area contributed by atoms with Crippen LogP contribution in [0.5, 0.6) is 11.5 Å². The Morgan fingerprint density at radius 2 is 1.73 bits per heavy atom. The highest BCUT2D eigenvalue weighted by Crippen LogP contribution is 2.36. The molecule has 0 unspecified atom stereocenters. The number of hydrogen-bond acceptors (Lipinski definition) is 4. The third-order valence-electron chi connectivity index (χ3n) is 6.51. The van der Waals surface area contributed by atoms with Crippen molar-refractivity contribution in [1.29, 1.82) is 0 Å². The quantitative estimate of drug-likeness (QED) is 0.496. The lowest BCUT2D eigenvalue weighted by atomic mass is 9.88. The number of amides is 1. The van der Waals surface area contributed by atoms with Crippen molar-refractivity contribution in [2.24, 2.45) is 0 Å². The lowest BCUT2D eigenvalue weighted by Gasteiger charge is -2.35. The molecule has 0 bridgehead atoms. The zero-order chi connectivity index (χ0) is 23.4. The summed E-state index contributed by atoms with van der Waals surface area (Å²) in [5.74, 6) is 1.38. The number of carbonyl (C=O) groups is 1. The van der Waals surface area contributed by atoms with Gasteiger partial charge >= 0.3 is 0 Å². The number of nitrogens with zero attached hydrogens (tertiary/aromatic N) is 1. The van der Waals surface area contributed by atoms with Crippen LogP contribution in [0.25, 0.3) is 11.1 Å². The smallest absolute Gasteiger partial charge is 0.255 e. The molecular weight excluding hydrogens is 412 g/mol. The van der Waals surface area contributed by atoms with Gasteiger partial charge in [0.05, 0.1) is 7.11 Å². The van der Waals surface area contributed by atoms with Gasteiger partial charge in [-0.3, -0.25) is 4.79 Å². The van der Waals surface area contributed by atoms with Gasteiger partial charge in [-0.2, -0.15) is 0 Å². The molecule has 1 aliphatic rings. The normalized spacial score (nSPS) is 14.9. The van der Waals surface area contributed by atoms with E-state index in [1.165, 1.54) is 0 Å². The fraction of sp³-hybridized carbons (Fsp3) is 0.321. The largest absolute Gasteiger partial charge is 0.508 e. The van der Waals surface area contributed by atoms with Crippen molar-refractivity contribution in [1.82, 2.24) is 4.90 Å². The van der Waals surface area contributed by atoms with Crippen molar-refractivity contribution in [3.05, 3.63) is 77.9 Å². The van der Waals surface area contributed by atoms with Gasteiger partial charge in [0.2, 0.25) is 0 Å². The van der Waals surface area contributed by atoms with E-state index in [1.54, 1.807) is 37.4 Å². The van der Waals surface area contributed by atoms with Crippen LogP contribution in [0.3, 0.4) is 0 Å². The van der Waals surface area contributed by atoms with E-state index in [2.05, 4.69) is 30.1 Å². The number of carbonyl (C=O) groups excluding carboxylic acids is 1. The molecule has 4 rings (SSSR count). The third kappa shape index (κ3) is 5.37. The fourth-order valence-electron chi connectivity index (χ4n) is 4.56. The van der Waals surface area contributed by atoms with Crippen LogP contribution in [0.4, 0.5) is 5.69 Å². The summed E-state index contributed by atoms with van der Waals surface area (Å²) >= 11 is 0. The van der Waals surface area contributed by atoms with Crippen LogP contribution in [-0.4, -0.2) is 42.2 Å². The minimum absolute atomic E-state index is 0.150. The van der Waals surface area contributed by atoms with Gasteiger partial charge in [0.25, 0.3) is 5.91 Å². The van der Waals surface area contributed by atoms with E-state index in [-0.39, 0.29) is 11.7 Å². The highest BCUT2D eigenvalue weighted by Gasteiger charge is 2.24. The molecule has 1 heterocycles. The Kier molecular flexibility index (Phi) is 6.99. The number of nitrogens with one attached hydrogen (secondary N) is 1. The second-order valence-electron chi connectivity index (χ2n) is 8.94. The monoisotopic (exact) mass is 444 g/mol. The number of piperidine rings is 1. The van der Waals surface area contributed by atoms with Gasteiger partial charge in [0.15, 0.2) is 0 Å². The second kappa shape index (κ2) is 10.1. The molecular formula is C28H32N2O3. The van der Waals surface area contributed by atoms with Crippen molar-refractivity contribution in [2.45, 2.75) is 38.6 Å². The van der Waals surface area contributed by atoms with E-state index in [1.807, 2.05) is 30.3 Å². The van der Waals surface area contributed by atoms with Crippen molar-refractivity contribution in [2.75, 3.05) is 25.5 Å². The van der Waals surface area contributed by atoms with Gasteiger partial charge in [-0.1, -0.05) is 24.3 Å². The Hall–Kier alpha value is -3.31. The van der Waals surface area contributed by atoms with Crippen molar-refractivity contribution in [3.8, 4) is 22.6 Å². The summed E-state index contributed by atoms with van der Waals surface area (Å²) in [6.07, 6.45) is 2.17. The summed E-state index contributed by atoms with van der Waals surface area (Å²) in [4.78, 5) is 15.4. The zero-order valence-electron chi connectivity index (χ0n) is 19.5. The molecule has 3 aromatic carbocycles. The molecule has 5 nitrogen and oxygen atoms in total. The maximum absolute atomic E-state index is 12.9. The molecule has 0 saturated carbocycles. The summed E-state index contributed by atoms with van der Waals surface area (Å²) in [6, 6.07) is 21.0. The van der Waals surface area contributed by atoms with Crippen LogP contribution >= 0.6 is 0 Å². The average molecular weight is 445 g/mol. The minimum atomic E-state index is -0.150. The predicted octanol–water partition coefficient (Wildman–Crippen LogP) is 5.91. The van der Waals surface area contributed by atoms with E-state index in [9.17, 15) is 9.90 Å². The first-order valence-electron chi connectivity index (χ1n) is 11.6. The Morgan fingerprint density at radius 1 is 1.00 bits per heavy atom. The highest BCUT2D eigenvalue weighted by molar-refractivity contribution is 6.04. The van der Waals surface area contributed by atoms with Gasteiger partial charge in [0.1, 0.15) is 11.5 Å². The second-order valence-corrected chi connectivity index (χ2v) is 8.94. The van der Waals surface area contributed by atoms with E-state index in [0.29, 0.717) is 17.5 Å². The standard InChI is InChI=1S/C28H32N2O3/c1-19(2)30-15-13-21(14-16-30)26-18-24(11-12-27(26)33-3)29-28(32)22-9-7-20(8-10-22)23-5-4-6-25(31)17-23/h4-12,17-19,21,31H,13-16H2,1-3H3,(H,29,32). The molecule has 0 aliphatic carbocycles. The Bertz CT molecular complexity index is 1100.